The molecule has 1 aliphatic heterocycles. The van der Waals surface area contributed by atoms with Gasteiger partial charge in [0.05, 0.1) is 0 Å². The van der Waals surface area contributed by atoms with Gasteiger partial charge in [0.1, 0.15) is 0 Å². The molecule has 2 aromatic carbocycles. The van der Waals surface area contributed by atoms with Crippen LogP contribution < -0.4 is 8.59 Å². The van der Waals surface area contributed by atoms with E-state index in [-0.39, 0.29) is 5.82 Å². The first-order valence-electron chi connectivity index (χ1n) is 7.67. The van der Waals surface area contributed by atoms with Crippen molar-refractivity contribution in [3.05, 3.63) is 48.3 Å². The van der Waals surface area contributed by atoms with Gasteiger partial charge in [0, 0.05) is 0 Å². The summed E-state index contributed by atoms with van der Waals surface area (Å²) in [6, 6.07) is 13.5. The van der Waals surface area contributed by atoms with Gasteiger partial charge in [0.15, 0.2) is 0 Å². The number of benzene rings is 2. The minimum absolute atomic E-state index is 0.299. The van der Waals surface area contributed by atoms with Crippen LogP contribution >= 0.6 is 0 Å². The Labute approximate surface area is 153 Å². The van der Waals surface area contributed by atoms with Gasteiger partial charge >= 0.3 is 153 Å². The van der Waals surface area contributed by atoms with Gasteiger partial charge in [-0.1, -0.05) is 0 Å². The SMILES string of the molecule is CC1(C)OB(c2cc(-c3cc[c]([Pb])cc3)ccc2F)OC1(C)C. The fourth-order valence-corrected chi connectivity index (χ4v) is 3.18. The molecule has 1 aliphatic rings. The van der Waals surface area contributed by atoms with Crippen molar-refractivity contribution in [1.29, 1.82) is 0 Å². The van der Waals surface area contributed by atoms with Gasteiger partial charge in [-0.05, 0) is 0 Å². The summed E-state index contributed by atoms with van der Waals surface area (Å²) < 4.78 is 27.7. The quantitative estimate of drug-likeness (QED) is 0.586. The molecule has 117 valence electrons. The van der Waals surface area contributed by atoms with Crippen LogP contribution in [0.3, 0.4) is 0 Å². The van der Waals surface area contributed by atoms with Gasteiger partial charge in [-0.3, -0.25) is 0 Å². The second kappa shape index (κ2) is 5.97. The van der Waals surface area contributed by atoms with Crippen molar-refractivity contribution in [1.82, 2.24) is 0 Å². The third kappa shape index (κ3) is 3.26. The maximum absolute atomic E-state index is 14.4. The van der Waals surface area contributed by atoms with E-state index in [1.165, 1.54) is 9.19 Å². The summed E-state index contributed by atoms with van der Waals surface area (Å²) in [6.07, 6.45) is 0. The Balaban J connectivity index is 1.98. The molecule has 2 aromatic rings. The molecule has 1 heterocycles. The molecule has 3 radical (unpaired) electrons. The van der Waals surface area contributed by atoms with Crippen molar-refractivity contribution < 1.29 is 13.7 Å². The Morgan fingerprint density at radius 2 is 1.39 bits per heavy atom. The number of hydrogen-bond acceptors (Lipinski definition) is 2. The number of halogens is 1. The maximum atomic E-state index is 14.4. The van der Waals surface area contributed by atoms with Crippen LogP contribution in [0.2, 0.25) is 0 Å². The second-order valence-electron chi connectivity index (χ2n) is 6.90. The summed E-state index contributed by atoms with van der Waals surface area (Å²) in [5, 5.41) is 0. The standard InChI is InChI=1S/C18H19BFO2.Pb/c1-17(2)18(3,4)22-19(21-17)15-12-14(10-11-16(15)20)13-8-6-5-7-9-13;/h6-12H,1-4H3;. The van der Waals surface area contributed by atoms with Crippen LogP contribution in [0.25, 0.3) is 11.1 Å². The zero-order valence-corrected chi connectivity index (χ0v) is 17.7. The van der Waals surface area contributed by atoms with E-state index in [9.17, 15) is 4.39 Å². The summed E-state index contributed by atoms with van der Waals surface area (Å²) >= 11 is 1.03. The average molecular weight is 504 g/mol. The van der Waals surface area contributed by atoms with Crippen LogP contribution in [0.4, 0.5) is 4.39 Å². The third-order valence-electron chi connectivity index (χ3n) is 4.72. The summed E-state index contributed by atoms with van der Waals surface area (Å²) in [5.74, 6) is -0.299. The van der Waals surface area contributed by atoms with Crippen LogP contribution in [-0.2, 0) is 9.31 Å². The molecule has 0 bridgehead atoms. The molecular formula is C18H19BFO2Pb. The normalized spacial score (nSPS) is 19.1. The van der Waals surface area contributed by atoms with Crippen LogP contribution in [0.15, 0.2) is 42.5 Å². The fraction of sp³-hybridized carbons (Fsp3) is 0.333. The molecule has 1 fully saturated rings. The molecule has 1 saturated heterocycles. The molecule has 0 saturated carbocycles. The molecule has 0 unspecified atom stereocenters. The number of hydrogen-bond donors (Lipinski definition) is 0. The summed E-state index contributed by atoms with van der Waals surface area (Å²) in [4.78, 5) is 0. The Morgan fingerprint density at radius 1 is 0.870 bits per heavy atom. The molecule has 23 heavy (non-hydrogen) atoms. The summed E-state index contributed by atoms with van der Waals surface area (Å²) in [6.45, 7) is 7.88. The van der Waals surface area contributed by atoms with Gasteiger partial charge in [-0.25, -0.2) is 0 Å². The molecule has 5 heteroatoms. The minimum atomic E-state index is -0.683. The zero-order chi connectivity index (χ0) is 16.8. The molecule has 0 amide bonds. The van der Waals surface area contributed by atoms with Crippen molar-refractivity contribution in [2.75, 3.05) is 0 Å². The predicted molar refractivity (Wildman–Crippen MR) is 92.9 cm³/mol. The topological polar surface area (TPSA) is 18.5 Å². The second-order valence-corrected chi connectivity index (χ2v) is 9.15. The van der Waals surface area contributed by atoms with Crippen molar-refractivity contribution in [2.24, 2.45) is 0 Å². The first-order chi connectivity index (χ1) is 10.7. The molecule has 0 atom stereocenters. The van der Waals surface area contributed by atoms with Crippen LogP contribution in [-0.4, -0.2) is 44.1 Å². The first-order valence-corrected chi connectivity index (χ1v) is 9.61. The van der Waals surface area contributed by atoms with E-state index in [0.717, 1.165) is 36.9 Å². The zero-order valence-electron chi connectivity index (χ0n) is 13.8. The van der Waals surface area contributed by atoms with E-state index in [1.807, 2.05) is 33.8 Å². The fourth-order valence-electron chi connectivity index (χ4n) is 2.54. The van der Waals surface area contributed by atoms with E-state index < -0.39 is 18.3 Å². The molecule has 3 rings (SSSR count). The van der Waals surface area contributed by atoms with Crippen molar-refractivity contribution in [3.63, 3.8) is 0 Å². The van der Waals surface area contributed by atoms with Gasteiger partial charge in [0.25, 0.3) is 0 Å². The Hall–Kier alpha value is -0.723. The number of rotatable bonds is 2. The third-order valence-corrected chi connectivity index (χ3v) is 6.02. The van der Waals surface area contributed by atoms with E-state index >= 15 is 0 Å². The van der Waals surface area contributed by atoms with E-state index in [2.05, 4.69) is 24.3 Å². The van der Waals surface area contributed by atoms with Crippen molar-refractivity contribution in [2.45, 2.75) is 38.9 Å². The first kappa shape index (κ1) is 17.1. The predicted octanol–water partition coefficient (Wildman–Crippen LogP) is 2.59. The average Bonchev–Trinajstić information content (AvgIpc) is 2.69. The van der Waals surface area contributed by atoms with Crippen molar-refractivity contribution in [3.8, 4) is 11.1 Å². The summed E-state index contributed by atoms with van der Waals surface area (Å²) in [7, 11) is -0.683. The Bertz CT molecular complexity index is 712. The molecule has 0 aromatic heterocycles. The molecule has 2 nitrogen and oxygen atoms in total. The van der Waals surface area contributed by atoms with Gasteiger partial charge in [-0.15, -0.1) is 0 Å². The van der Waals surface area contributed by atoms with E-state index in [4.69, 9.17) is 9.31 Å². The van der Waals surface area contributed by atoms with Crippen LogP contribution in [0.5, 0.6) is 0 Å². The summed E-state index contributed by atoms with van der Waals surface area (Å²) in [5.41, 5.74) is 1.54. The van der Waals surface area contributed by atoms with Crippen molar-refractivity contribution >= 4 is 41.5 Å². The van der Waals surface area contributed by atoms with Gasteiger partial charge in [-0.2, -0.15) is 0 Å². The van der Waals surface area contributed by atoms with Gasteiger partial charge < -0.3 is 0 Å². The van der Waals surface area contributed by atoms with E-state index in [0.29, 0.717) is 5.46 Å². The molecular weight excluding hydrogens is 485 g/mol. The van der Waals surface area contributed by atoms with E-state index in [1.54, 1.807) is 6.07 Å². The molecule has 0 spiro atoms. The van der Waals surface area contributed by atoms with Crippen LogP contribution in [0.1, 0.15) is 27.7 Å². The monoisotopic (exact) mass is 505 g/mol. The van der Waals surface area contributed by atoms with Crippen LogP contribution in [0, 0.1) is 5.82 Å². The molecule has 0 aliphatic carbocycles. The Kier molecular flexibility index (Phi) is 4.44. The Morgan fingerprint density at radius 3 is 1.96 bits per heavy atom. The molecule has 0 N–H and O–H groups in total. The van der Waals surface area contributed by atoms with Gasteiger partial charge in [0.2, 0.25) is 0 Å².